The first-order valence-corrected chi connectivity index (χ1v) is 6.97. The lowest BCUT2D eigenvalue weighted by Gasteiger charge is -2.05. The second-order valence-corrected chi connectivity index (χ2v) is 3.71. The van der Waals surface area contributed by atoms with Gasteiger partial charge in [-0.25, -0.2) is 4.78 Å². The van der Waals surface area contributed by atoms with Crippen LogP contribution in [0.1, 0.15) is 17.3 Å². The molecule has 0 aromatic heterocycles. The van der Waals surface area contributed by atoms with Crippen LogP contribution >= 0.6 is 0 Å². The van der Waals surface area contributed by atoms with Crippen molar-refractivity contribution in [3.05, 3.63) is 29.8 Å². The quantitative estimate of drug-likeness (QED) is 0.576. The molecule has 0 saturated heterocycles. The molecule has 0 radical (unpaired) electrons. The van der Waals surface area contributed by atoms with Crippen molar-refractivity contribution >= 4 is 15.6 Å². The van der Waals surface area contributed by atoms with Gasteiger partial charge < -0.3 is 4.74 Å². The molecule has 1 aromatic rings. The molecule has 0 fully saturated rings. The Bertz CT molecular complexity index is 366. The second-order valence-electron chi connectivity index (χ2n) is 2.79. The molecule has 0 atom stereocenters. The number of carbonyl (C=O) groups is 1. The molecule has 4 nitrogen and oxygen atoms in total. The predicted octanol–water partition coefficient (Wildman–Crippen LogP) is 1.81. The third-order valence-electron chi connectivity index (χ3n) is 1.72. The van der Waals surface area contributed by atoms with Crippen LogP contribution in [0.5, 0.6) is 5.75 Å². The van der Waals surface area contributed by atoms with E-state index in [2.05, 4.69) is 9.89 Å². The van der Waals surface area contributed by atoms with Crippen LogP contribution in [0, 0.1) is 0 Å². The van der Waals surface area contributed by atoms with Gasteiger partial charge in [-0.05, 0) is 19.1 Å². The van der Waals surface area contributed by atoms with E-state index in [4.69, 9.17) is 4.74 Å². The van der Waals surface area contributed by atoms with E-state index < -0.39 is 9.68 Å². The van der Waals surface area contributed by atoms with Crippen LogP contribution in [-0.4, -0.2) is 22.2 Å². The third-order valence-corrected chi connectivity index (χ3v) is 2.14. The first kappa shape index (κ1) is 11.6. The molecule has 0 aliphatic carbocycles. The van der Waals surface area contributed by atoms with Gasteiger partial charge in [0, 0.05) is 0 Å². The zero-order chi connectivity index (χ0) is 11.1. The van der Waals surface area contributed by atoms with Crippen molar-refractivity contribution in [1.29, 1.82) is 0 Å². The van der Waals surface area contributed by atoms with E-state index >= 15 is 0 Å². The van der Waals surface area contributed by atoms with Crippen molar-refractivity contribution in [3.8, 4) is 5.75 Å². The van der Waals surface area contributed by atoms with E-state index in [1.807, 2.05) is 19.5 Å². The molecule has 0 saturated carbocycles. The van der Waals surface area contributed by atoms with Crippen molar-refractivity contribution < 1.29 is 9.53 Å². The summed E-state index contributed by atoms with van der Waals surface area (Å²) in [6, 6.07) is 7.07. The number of benzene rings is 1. The summed E-state index contributed by atoms with van der Waals surface area (Å²) in [6.45, 7) is 4.37. The topological polar surface area (TPSA) is 51.0 Å². The minimum atomic E-state index is -0.561. The molecule has 0 N–H and O–H groups in total. The van der Waals surface area contributed by atoms with Crippen LogP contribution in [-0.2, 0) is 0 Å². The molecule has 0 aliphatic rings. The van der Waals surface area contributed by atoms with Gasteiger partial charge in [-0.15, -0.1) is 5.11 Å². The second kappa shape index (κ2) is 6.08. The fourth-order valence-electron chi connectivity index (χ4n) is 1.11. The Hall–Kier alpha value is -1.49. The van der Waals surface area contributed by atoms with E-state index in [1.165, 1.54) is 0 Å². The molecule has 1 amide bonds. The van der Waals surface area contributed by atoms with Gasteiger partial charge in [0.15, 0.2) is 9.68 Å². The zero-order valence-electron chi connectivity index (χ0n) is 8.93. The summed E-state index contributed by atoms with van der Waals surface area (Å²) in [5.41, 5.74) is 0.477. The van der Waals surface area contributed by atoms with Crippen molar-refractivity contribution in [1.82, 2.24) is 0 Å². The van der Waals surface area contributed by atoms with Gasteiger partial charge in [-0.1, -0.05) is 18.7 Å². The first-order valence-electron chi connectivity index (χ1n) is 4.93. The van der Waals surface area contributed by atoms with Crippen LogP contribution in [0.25, 0.3) is 0 Å². The number of rotatable bonds is 4. The minimum Gasteiger partial charge on any atom is -0.493 e. The summed E-state index contributed by atoms with van der Waals surface area (Å²) < 4.78 is 9.14. The highest BCUT2D eigenvalue weighted by atomic mass is 28.2. The van der Waals surface area contributed by atoms with Gasteiger partial charge in [0.2, 0.25) is 0 Å². The lowest BCUT2D eigenvalue weighted by Crippen LogP contribution is -2.01. The molecule has 0 heterocycles. The first-order chi connectivity index (χ1) is 7.29. The summed E-state index contributed by atoms with van der Waals surface area (Å²) in [7, 11) is -0.561. The number of amides is 1. The summed E-state index contributed by atoms with van der Waals surface area (Å²) in [5.74, 6) is 0.245. The predicted molar refractivity (Wildman–Crippen MR) is 61.2 cm³/mol. The van der Waals surface area contributed by atoms with Crippen molar-refractivity contribution in [2.75, 3.05) is 6.61 Å². The Kier molecular flexibility index (Phi) is 4.69. The largest absolute Gasteiger partial charge is 0.493 e. The highest BCUT2D eigenvalue weighted by molar-refractivity contribution is 6.30. The summed E-state index contributed by atoms with van der Waals surface area (Å²) >= 11 is 0. The van der Waals surface area contributed by atoms with E-state index in [0.29, 0.717) is 17.9 Å². The third kappa shape index (κ3) is 3.28. The average Bonchev–Trinajstić information content (AvgIpc) is 2.27. The number of ether oxygens (including phenoxy) is 1. The fourth-order valence-corrected chi connectivity index (χ4v) is 1.38. The Labute approximate surface area is 91.3 Å². The van der Waals surface area contributed by atoms with Crippen molar-refractivity contribution in [2.45, 2.75) is 13.5 Å². The average molecular weight is 222 g/mol. The smallest absolute Gasteiger partial charge is 0.297 e. The summed E-state index contributed by atoms with van der Waals surface area (Å²) in [6.07, 6.45) is 0. The van der Waals surface area contributed by atoms with Crippen molar-refractivity contribution in [3.63, 3.8) is 0 Å². The molecule has 0 unspecified atom stereocenters. The SMILES string of the molecule is CCOc1ccccc1C(=O)N=N[SiH2]C. The maximum absolute atomic E-state index is 11.6. The Morgan fingerprint density at radius 2 is 2.20 bits per heavy atom. The molecule has 1 aromatic carbocycles. The summed E-state index contributed by atoms with van der Waals surface area (Å²) in [5, 5.41) is 3.62. The highest BCUT2D eigenvalue weighted by Crippen LogP contribution is 2.18. The maximum atomic E-state index is 11.6. The lowest BCUT2D eigenvalue weighted by atomic mass is 10.2. The van der Waals surface area contributed by atoms with E-state index in [1.54, 1.807) is 18.2 Å². The molecule has 0 spiro atoms. The van der Waals surface area contributed by atoms with E-state index in [0.717, 1.165) is 0 Å². The normalized spacial score (nSPS) is 11.3. The van der Waals surface area contributed by atoms with Crippen LogP contribution in [0.2, 0.25) is 6.55 Å². The van der Waals surface area contributed by atoms with Crippen LogP contribution in [0.4, 0.5) is 0 Å². The number of carbonyl (C=O) groups excluding carboxylic acids is 1. The van der Waals surface area contributed by atoms with Gasteiger partial charge in [0.1, 0.15) is 5.75 Å². The monoisotopic (exact) mass is 222 g/mol. The summed E-state index contributed by atoms with van der Waals surface area (Å²) in [4.78, 5) is 11.6. The lowest BCUT2D eigenvalue weighted by molar-refractivity contribution is 0.0992. The number of hydrogen-bond donors (Lipinski definition) is 0. The van der Waals surface area contributed by atoms with Gasteiger partial charge in [0.05, 0.1) is 12.2 Å². The fraction of sp³-hybridized carbons (Fsp3) is 0.300. The Morgan fingerprint density at radius 1 is 1.47 bits per heavy atom. The molecule has 0 bridgehead atoms. The minimum absolute atomic E-state index is 0.326. The van der Waals surface area contributed by atoms with Crippen LogP contribution < -0.4 is 4.74 Å². The molecule has 5 heteroatoms. The van der Waals surface area contributed by atoms with E-state index in [9.17, 15) is 4.79 Å². The van der Waals surface area contributed by atoms with Crippen molar-refractivity contribution in [2.24, 2.45) is 9.89 Å². The zero-order valence-corrected chi connectivity index (χ0v) is 10.3. The number of para-hydroxylation sites is 1. The van der Waals surface area contributed by atoms with Gasteiger partial charge in [-0.3, -0.25) is 4.79 Å². The number of nitrogens with zero attached hydrogens (tertiary/aromatic N) is 2. The van der Waals surface area contributed by atoms with Crippen LogP contribution in [0.3, 0.4) is 0 Å². The van der Waals surface area contributed by atoms with Gasteiger partial charge in [-0.2, -0.15) is 0 Å². The standard InChI is InChI=1S/C10H14N2O2Si/c1-3-14-9-7-5-4-6-8(9)10(13)11-12-15-2/h4-7H,3,15H2,1-2H3. The molecule has 15 heavy (non-hydrogen) atoms. The van der Waals surface area contributed by atoms with E-state index in [-0.39, 0.29) is 5.91 Å². The molecular formula is C10H14N2O2Si. The highest BCUT2D eigenvalue weighted by Gasteiger charge is 2.10. The van der Waals surface area contributed by atoms with Crippen LogP contribution in [0.15, 0.2) is 34.2 Å². The molecule has 1 rings (SSSR count). The molecule has 80 valence electrons. The maximum Gasteiger partial charge on any atom is 0.297 e. The Balaban J connectivity index is 2.91. The molecular weight excluding hydrogens is 208 g/mol. The number of hydrogen-bond acceptors (Lipinski definition) is 3. The van der Waals surface area contributed by atoms with Gasteiger partial charge in [0.25, 0.3) is 5.91 Å². The molecule has 0 aliphatic heterocycles. The van der Waals surface area contributed by atoms with Gasteiger partial charge >= 0.3 is 0 Å². The Morgan fingerprint density at radius 3 is 2.87 bits per heavy atom.